The van der Waals surface area contributed by atoms with Crippen molar-refractivity contribution in [3.8, 4) is 0 Å². The van der Waals surface area contributed by atoms with Gasteiger partial charge in [0.15, 0.2) is 0 Å². The number of hydrogen-bond donors (Lipinski definition) is 3. The quantitative estimate of drug-likeness (QED) is 0.687. The maximum atomic E-state index is 11.2. The summed E-state index contributed by atoms with van der Waals surface area (Å²) in [5.74, 6) is 0. The molecule has 72 valence electrons. The first-order valence-corrected chi connectivity index (χ1v) is 4.82. The maximum Gasteiger partial charge on any atom is 0.320 e. The van der Waals surface area contributed by atoms with E-state index in [1.807, 2.05) is 17.5 Å². The van der Waals surface area contributed by atoms with Crippen molar-refractivity contribution < 1.29 is 9.90 Å². The Morgan fingerprint density at radius 3 is 3.08 bits per heavy atom. The number of amides is 2. The highest BCUT2D eigenvalue weighted by Gasteiger charge is 2.05. The summed E-state index contributed by atoms with van der Waals surface area (Å²) in [6.45, 7) is 1.67. The number of carbonyl (C=O) groups excluding carboxylic acids is 1. The number of thiophene rings is 1. The third kappa shape index (κ3) is 3.43. The van der Waals surface area contributed by atoms with Crippen LogP contribution in [0.4, 0.5) is 9.80 Å². The summed E-state index contributed by atoms with van der Waals surface area (Å²) < 4.78 is 0. The average molecular weight is 200 g/mol. The highest BCUT2D eigenvalue weighted by molar-refractivity contribution is 7.14. The van der Waals surface area contributed by atoms with Crippen LogP contribution in [0.2, 0.25) is 0 Å². The Kier molecular flexibility index (Phi) is 3.72. The van der Waals surface area contributed by atoms with E-state index in [2.05, 4.69) is 10.6 Å². The van der Waals surface area contributed by atoms with Gasteiger partial charge in [0.2, 0.25) is 0 Å². The van der Waals surface area contributed by atoms with Gasteiger partial charge >= 0.3 is 6.03 Å². The van der Waals surface area contributed by atoms with E-state index in [0.717, 1.165) is 5.00 Å². The fraction of sp³-hybridized carbons (Fsp3) is 0.375. The Morgan fingerprint density at radius 2 is 2.54 bits per heavy atom. The number of anilines is 1. The highest BCUT2D eigenvalue weighted by Crippen LogP contribution is 2.14. The molecule has 0 saturated heterocycles. The van der Waals surface area contributed by atoms with Crippen LogP contribution in [0.1, 0.15) is 6.92 Å². The van der Waals surface area contributed by atoms with E-state index < -0.39 is 0 Å². The minimum atomic E-state index is -0.288. The molecule has 0 fully saturated rings. The van der Waals surface area contributed by atoms with Gasteiger partial charge in [-0.15, -0.1) is 11.3 Å². The van der Waals surface area contributed by atoms with E-state index in [9.17, 15) is 4.79 Å². The molecule has 0 radical (unpaired) electrons. The first-order chi connectivity index (χ1) is 6.22. The molecular weight excluding hydrogens is 188 g/mol. The fourth-order valence-electron chi connectivity index (χ4n) is 0.767. The predicted octanol–water partition coefficient (Wildman–Crippen LogP) is 1.25. The lowest BCUT2D eigenvalue weighted by Gasteiger charge is -2.10. The first kappa shape index (κ1) is 10.0. The summed E-state index contributed by atoms with van der Waals surface area (Å²) in [7, 11) is 0. The molecule has 1 aromatic rings. The number of rotatable bonds is 3. The van der Waals surface area contributed by atoms with Crippen molar-refractivity contribution in [1.82, 2.24) is 5.32 Å². The van der Waals surface area contributed by atoms with Crippen LogP contribution in [-0.2, 0) is 0 Å². The van der Waals surface area contributed by atoms with Crippen molar-refractivity contribution >= 4 is 22.4 Å². The Hall–Kier alpha value is -1.07. The number of urea groups is 1. The van der Waals surface area contributed by atoms with E-state index in [-0.39, 0.29) is 18.7 Å². The Balaban J connectivity index is 2.34. The molecule has 0 aromatic carbocycles. The molecule has 0 aliphatic heterocycles. The van der Waals surface area contributed by atoms with Crippen molar-refractivity contribution in [2.45, 2.75) is 13.0 Å². The smallest absolute Gasteiger partial charge is 0.320 e. The van der Waals surface area contributed by atoms with Crippen LogP contribution in [0, 0.1) is 0 Å². The van der Waals surface area contributed by atoms with Gasteiger partial charge in [-0.3, -0.25) is 5.32 Å². The molecular formula is C8H12N2O2S. The number of carbonyl (C=O) groups is 1. The van der Waals surface area contributed by atoms with E-state index in [4.69, 9.17) is 5.11 Å². The molecule has 13 heavy (non-hydrogen) atoms. The van der Waals surface area contributed by atoms with Crippen LogP contribution < -0.4 is 10.6 Å². The van der Waals surface area contributed by atoms with E-state index in [1.165, 1.54) is 11.3 Å². The zero-order valence-corrected chi connectivity index (χ0v) is 8.10. The molecule has 1 heterocycles. The van der Waals surface area contributed by atoms with Gasteiger partial charge in [-0.25, -0.2) is 4.79 Å². The summed E-state index contributed by atoms with van der Waals surface area (Å²) in [6.07, 6.45) is 0. The van der Waals surface area contributed by atoms with Gasteiger partial charge in [0.05, 0.1) is 17.6 Å². The topological polar surface area (TPSA) is 61.4 Å². The van der Waals surface area contributed by atoms with Crippen LogP contribution in [0.3, 0.4) is 0 Å². The summed E-state index contributed by atoms with van der Waals surface area (Å²) in [5.41, 5.74) is 0. The molecule has 1 rings (SSSR count). The van der Waals surface area contributed by atoms with Crippen LogP contribution in [0.5, 0.6) is 0 Å². The van der Waals surface area contributed by atoms with Crippen molar-refractivity contribution in [1.29, 1.82) is 0 Å². The summed E-state index contributed by atoms with van der Waals surface area (Å²) in [5, 5.41) is 16.6. The molecule has 5 heteroatoms. The van der Waals surface area contributed by atoms with E-state index >= 15 is 0 Å². The summed E-state index contributed by atoms with van der Waals surface area (Å²) in [4.78, 5) is 11.2. The average Bonchev–Trinajstić information content (AvgIpc) is 2.56. The van der Waals surface area contributed by atoms with Crippen LogP contribution in [0.15, 0.2) is 17.5 Å². The summed E-state index contributed by atoms with van der Waals surface area (Å²) >= 11 is 1.45. The molecule has 2 amide bonds. The lowest BCUT2D eigenvalue weighted by Crippen LogP contribution is -2.37. The van der Waals surface area contributed by atoms with Gasteiger partial charge in [0.25, 0.3) is 0 Å². The van der Waals surface area contributed by atoms with Gasteiger partial charge < -0.3 is 10.4 Å². The number of aliphatic hydroxyl groups excluding tert-OH is 1. The SMILES string of the molecule is CC(CO)NC(=O)Nc1cccs1. The van der Waals surface area contributed by atoms with Crippen molar-refractivity contribution in [3.05, 3.63) is 17.5 Å². The van der Waals surface area contributed by atoms with Gasteiger partial charge in [-0.05, 0) is 24.4 Å². The van der Waals surface area contributed by atoms with E-state index in [1.54, 1.807) is 6.92 Å². The maximum absolute atomic E-state index is 11.2. The minimum Gasteiger partial charge on any atom is -0.394 e. The van der Waals surface area contributed by atoms with Crippen LogP contribution >= 0.6 is 11.3 Å². The van der Waals surface area contributed by atoms with Gasteiger partial charge in [-0.2, -0.15) is 0 Å². The second kappa shape index (κ2) is 4.84. The Morgan fingerprint density at radius 1 is 1.77 bits per heavy atom. The van der Waals surface area contributed by atoms with Crippen molar-refractivity contribution in [2.75, 3.05) is 11.9 Å². The zero-order chi connectivity index (χ0) is 9.68. The summed E-state index contributed by atoms with van der Waals surface area (Å²) in [6, 6.07) is 3.16. The second-order valence-corrected chi connectivity index (χ2v) is 3.61. The second-order valence-electron chi connectivity index (χ2n) is 2.66. The van der Waals surface area contributed by atoms with Gasteiger partial charge in [0.1, 0.15) is 0 Å². The first-order valence-electron chi connectivity index (χ1n) is 3.94. The molecule has 0 aliphatic rings. The lowest BCUT2D eigenvalue weighted by molar-refractivity contribution is 0.229. The van der Waals surface area contributed by atoms with Crippen molar-refractivity contribution in [2.24, 2.45) is 0 Å². The molecule has 0 saturated carbocycles. The number of nitrogens with one attached hydrogen (secondary N) is 2. The Labute approximate surface area is 80.6 Å². The largest absolute Gasteiger partial charge is 0.394 e. The molecule has 1 aromatic heterocycles. The van der Waals surface area contributed by atoms with Gasteiger partial charge in [0, 0.05) is 0 Å². The molecule has 0 aliphatic carbocycles. The number of hydrogen-bond acceptors (Lipinski definition) is 3. The van der Waals surface area contributed by atoms with Crippen LogP contribution in [-0.4, -0.2) is 23.8 Å². The lowest BCUT2D eigenvalue weighted by atomic mass is 10.4. The molecule has 4 nitrogen and oxygen atoms in total. The van der Waals surface area contributed by atoms with Crippen molar-refractivity contribution in [3.63, 3.8) is 0 Å². The molecule has 0 bridgehead atoms. The van der Waals surface area contributed by atoms with Crippen LogP contribution in [0.25, 0.3) is 0 Å². The third-order valence-electron chi connectivity index (χ3n) is 1.41. The normalized spacial score (nSPS) is 12.2. The zero-order valence-electron chi connectivity index (χ0n) is 7.28. The predicted molar refractivity (Wildman–Crippen MR) is 53.0 cm³/mol. The fourth-order valence-corrected chi connectivity index (χ4v) is 1.38. The standard InChI is InChI=1S/C8H12N2O2S/c1-6(5-11)9-8(12)10-7-3-2-4-13-7/h2-4,6,11H,5H2,1H3,(H2,9,10,12). The Bertz CT molecular complexity index is 261. The molecule has 3 N–H and O–H groups in total. The number of aliphatic hydroxyl groups is 1. The molecule has 1 unspecified atom stereocenters. The monoisotopic (exact) mass is 200 g/mol. The van der Waals surface area contributed by atoms with Gasteiger partial charge in [-0.1, -0.05) is 0 Å². The minimum absolute atomic E-state index is 0.0577. The highest BCUT2D eigenvalue weighted by atomic mass is 32.1. The van der Waals surface area contributed by atoms with E-state index in [0.29, 0.717) is 0 Å². The molecule has 1 atom stereocenters. The third-order valence-corrected chi connectivity index (χ3v) is 2.19. The molecule has 0 spiro atoms.